The van der Waals surface area contributed by atoms with Crippen LogP contribution in [-0.2, 0) is 4.74 Å². The standard InChI is InChI=1S/C9H13Cl3N2O2/c10-9(11,12)5-16-8(15)14-6-1-2-7(14)4-13-3-6/h6-7,13H,1-5H2. The molecule has 16 heavy (non-hydrogen) atoms. The van der Waals surface area contributed by atoms with Gasteiger partial charge in [-0.25, -0.2) is 4.79 Å². The van der Waals surface area contributed by atoms with Crippen LogP contribution in [0.4, 0.5) is 4.79 Å². The smallest absolute Gasteiger partial charge is 0.410 e. The van der Waals surface area contributed by atoms with Crippen molar-refractivity contribution in [2.24, 2.45) is 0 Å². The fourth-order valence-corrected chi connectivity index (χ4v) is 2.46. The molecule has 2 rings (SSSR count). The summed E-state index contributed by atoms with van der Waals surface area (Å²) in [7, 11) is 0. The van der Waals surface area contributed by atoms with E-state index in [0.29, 0.717) is 0 Å². The highest BCUT2D eigenvalue weighted by Gasteiger charge is 2.41. The second-order valence-electron chi connectivity index (χ2n) is 4.12. The van der Waals surface area contributed by atoms with Crippen molar-refractivity contribution in [3.63, 3.8) is 0 Å². The van der Waals surface area contributed by atoms with Gasteiger partial charge in [0.15, 0.2) is 0 Å². The van der Waals surface area contributed by atoms with E-state index in [2.05, 4.69) is 5.32 Å². The molecular formula is C9H13Cl3N2O2. The van der Waals surface area contributed by atoms with Gasteiger partial charge in [-0.1, -0.05) is 34.8 Å². The van der Waals surface area contributed by atoms with Gasteiger partial charge < -0.3 is 10.1 Å². The molecule has 0 radical (unpaired) electrons. The van der Waals surface area contributed by atoms with E-state index >= 15 is 0 Å². The molecule has 4 nitrogen and oxygen atoms in total. The third-order valence-corrected chi connectivity index (χ3v) is 3.28. The molecule has 2 unspecified atom stereocenters. The Balaban J connectivity index is 1.90. The molecule has 2 fully saturated rings. The highest BCUT2D eigenvalue weighted by molar-refractivity contribution is 6.67. The predicted octanol–water partition coefficient (Wildman–Crippen LogP) is 1.93. The van der Waals surface area contributed by atoms with Gasteiger partial charge in [-0.2, -0.15) is 0 Å². The molecule has 1 amide bonds. The van der Waals surface area contributed by atoms with Gasteiger partial charge in [0.2, 0.25) is 3.79 Å². The second-order valence-corrected chi connectivity index (χ2v) is 6.64. The molecule has 2 atom stereocenters. The zero-order valence-electron chi connectivity index (χ0n) is 8.59. The minimum atomic E-state index is -1.54. The SMILES string of the molecule is O=C(OCC(Cl)(Cl)Cl)N1C2CCC1CNC2. The van der Waals surface area contributed by atoms with E-state index in [0.717, 1.165) is 25.9 Å². The van der Waals surface area contributed by atoms with E-state index in [4.69, 9.17) is 39.5 Å². The van der Waals surface area contributed by atoms with E-state index in [-0.39, 0.29) is 24.8 Å². The van der Waals surface area contributed by atoms with Gasteiger partial charge in [0.25, 0.3) is 0 Å². The van der Waals surface area contributed by atoms with Crippen molar-refractivity contribution in [1.82, 2.24) is 10.2 Å². The minimum absolute atomic E-state index is 0.208. The average molecular weight is 288 g/mol. The Morgan fingerprint density at radius 3 is 2.38 bits per heavy atom. The summed E-state index contributed by atoms with van der Waals surface area (Å²) in [6, 6.07) is 0.447. The summed E-state index contributed by atoms with van der Waals surface area (Å²) in [6.45, 7) is 1.43. The summed E-state index contributed by atoms with van der Waals surface area (Å²) in [5.41, 5.74) is 0. The molecular weight excluding hydrogens is 274 g/mol. The molecule has 2 heterocycles. The van der Waals surface area contributed by atoms with E-state index in [9.17, 15) is 4.79 Å². The number of piperazine rings is 1. The van der Waals surface area contributed by atoms with Crippen molar-refractivity contribution >= 4 is 40.9 Å². The summed E-state index contributed by atoms with van der Waals surface area (Å²) >= 11 is 16.6. The van der Waals surface area contributed by atoms with Crippen molar-refractivity contribution in [3.05, 3.63) is 0 Å². The van der Waals surface area contributed by atoms with Gasteiger partial charge in [0.1, 0.15) is 6.61 Å². The third kappa shape index (κ3) is 2.86. The average Bonchev–Trinajstić information content (AvgIpc) is 2.44. The third-order valence-electron chi connectivity index (χ3n) is 2.95. The van der Waals surface area contributed by atoms with Crippen LogP contribution in [0.25, 0.3) is 0 Å². The predicted molar refractivity (Wildman–Crippen MR) is 63.2 cm³/mol. The topological polar surface area (TPSA) is 41.6 Å². The number of fused-ring (bicyclic) bond motifs is 2. The largest absolute Gasteiger partial charge is 0.445 e. The quantitative estimate of drug-likeness (QED) is 0.749. The fourth-order valence-electron chi connectivity index (χ4n) is 2.29. The van der Waals surface area contributed by atoms with Crippen LogP contribution in [0.3, 0.4) is 0 Å². The lowest BCUT2D eigenvalue weighted by Gasteiger charge is -2.34. The van der Waals surface area contributed by atoms with Crippen LogP contribution in [0.5, 0.6) is 0 Å². The number of rotatable bonds is 1. The lowest BCUT2D eigenvalue weighted by atomic mass is 10.2. The van der Waals surface area contributed by atoms with Gasteiger partial charge in [-0.05, 0) is 12.8 Å². The zero-order chi connectivity index (χ0) is 11.8. The van der Waals surface area contributed by atoms with Crippen LogP contribution < -0.4 is 5.32 Å². The molecule has 0 aromatic rings. The molecule has 0 aromatic carbocycles. The van der Waals surface area contributed by atoms with Crippen molar-refractivity contribution < 1.29 is 9.53 Å². The van der Waals surface area contributed by atoms with Crippen LogP contribution in [0.1, 0.15) is 12.8 Å². The van der Waals surface area contributed by atoms with E-state index < -0.39 is 3.79 Å². The normalized spacial score (nSPS) is 29.3. The molecule has 7 heteroatoms. The minimum Gasteiger partial charge on any atom is -0.445 e. The fraction of sp³-hybridized carbons (Fsp3) is 0.889. The number of hydrogen-bond donors (Lipinski definition) is 1. The molecule has 2 saturated heterocycles. The zero-order valence-corrected chi connectivity index (χ0v) is 10.9. The molecule has 0 aromatic heterocycles. The summed E-state index contributed by atoms with van der Waals surface area (Å²) < 4.78 is 3.45. The Morgan fingerprint density at radius 2 is 1.88 bits per heavy atom. The number of amides is 1. The monoisotopic (exact) mass is 286 g/mol. The number of alkyl halides is 3. The highest BCUT2D eigenvalue weighted by atomic mass is 35.6. The number of ether oxygens (including phenoxy) is 1. The first-order chi connectivity index (χ1) is 7.47. The van der Waals surface area contributed by atoms with Gasteiger partial charge in [0, 0.05) is 25.2 Å². The lowest BCUT2D eigenvalue weighted by Crippen LogP contribution is -2.54. The van der Waals surface area contributed by atoms with E-state index in [1.54, 1.807) is 4.90 Å². The molecule has 2 aliphatic heterocycles. The highest BCUT2D eigenvalue weighted by Crippen LogP contribution is 2.29. The molecule has 0 spiro atoms. The maximum absolute atomic E-state index is 11.8. The Bertz CT molecular complexity index is 266. The molecule has 1 N–H and O–H groups in total. The molecule has 2 bridgehead atoms. The molecule has 2 aliphatic rings. The number of halogens is 3. The van der Waals surface area contributed by atoms with E-state index in [1.165, 1.54) is 0 Å². The van der Waals surface area contributed by atoms with Crippen molar-refractivity contribution in [3.8, 4) is 0 Å². The van der Waals surface area contributed by atoms with Crippen LogP contribution in [0.15, 0.2) is 0 Å². The Labute approximate surface area is 109 Å². The van der Waals surface area contributed by atoms with Gasteiger partial charge >= 0.3 is 6.09 Å². The van der Waals surface area contributed by atoms with Gasteiger partial charge in [0.05, 0.1) is 0 Å². The first kappa shape index (κ1) is 12.6. The number of nitrogens with zero attached hydrogens (tertiary/aromatic N) is 1. The first-order valence-corrected chi connectivity index (χ1v) is 6.33. The lowest BCUT2D eigenvalue weighted by molar-refractivity contribution is 0.0757. The van der Waals surface area contributed by atoms with Crippen LogP contribution in [-0.4, -0.2) is 46.6 Å². The van der Waals surface area contributed by atoms with Crippen molar-refractivity contribution in [2.45, 2.75) is 28.7 Å². The Kier molecular flexibility index (Phi) is 3.74. The number of nitrogens with one attached hydrogen (secondary N) is 1. The Hall–Kier alpha value is 0.1000. The summed E-state index contributed by atoms with van der Waals surface area (Å²) in [5, 5.41) is 3.28. The second kappa shape index (κ2) is 4.77. The summed E-state index contributed by atoms with van der Waals surface area (Å²) in [6.07, 6.45) is 1.65. The molecule has 92 valence electrons. The van der Waals surface area contributed by atoms with Crippen molar-refractivity contribution in [2.75, 3.05) is 19.7 Å². The maximum atomic E-state index is 11.8. The number of carbonyl (C=O) groups excluding carboxylic acids is 1. The van der Waals surface area contributed by atoms with Crippen molar-refractivity contribution in [1.29, 1.82) is 0 Å². The van der Waals surface area contributed by atoms with Crippen LogP contribution in [0, 0.1) is 0 Å². The molecule has 0 saturated carbocycles. The number of carbonyl (C=O) groups is 1. The van der Waals surface area contributed by atoms with Crippen LogP contribution in [0.2, 0.25) is 0 Å². The van der Waals surface area contributed by atoms with Gasteiger partial charge in [-0.15, -0.1) is 0 Å². The van der Waals surface area contributed by atoms with E-state index in [1.807, 2.05) is 0 Å². The maximum Gasteiger partial charge on any atom is 0.410 e. The molecule has 0 aliphatic carbocycles. The van der Waals surface area contributed by atoms with Crippen LogP contribution >= 0.6 is 34.8 Å². The first-order valence-electron chi connectivity index (χ1n) is 5.20. The number of hydrogen-bond acceptors (Lipinski definition) is 3. The summed E-state index contributed by atoms with van der Waals surface area (Å²) in [4.78, 5) is 13.6. The Morgan fingerprint density at radius 1 is 1.31 bits per heavy atom. The summed E-state index contributed by atoms with van der Waals surface area (Å²) in [5.74, 6) is 0. The van der Waals surface area contributed by atoms with Gasteiger partial charge in [-0.3, -0.25) is 4.90 Å².